The molecule has 96 valence electrons. The summed E-state index contributed by atoms with van der Waals surface area (Å²) in [5, 5.41) is 9.51. The normalized spacial score (nSPS) is 13.5. The van der Waals surface area contributed by atoms with Gasteiger partial charge in [0.25, 0.3) is 0 Å². The van der Waals surface area contributed by atoms with E-state index >= 15 is 0 Å². The molecular formula is C11H17NO3S2. The third kappa shape index (κ3) is 4.57. The topological polar surface area (TPSA) is 66.4 Å². The van der Waals surface area contributed by atoms with Crippen molar-refractivity contribution in [2.75, 3.05) is 12.8 Å². The van der Waals surface area contributed by atoms with E-state index in [0.717, 1.165) is 6.42 Å². The zero-order valence-corrected chi connectivity index (χ0v) is 11.5. The maximum absolute atomic E-state index is 11.8. The predicted octanol–water partition coefficient (Wildman–Crippen LogP) is 1.81. The molecule has 0 fully saturated rings. The first-order valence-electron chi connectivity index (χ1n) is 5.27. The smallest absolute Gasteiger partial charge is 0.240 e. The molecule has 1 unspecified atom stereocenters. The van der Waals surface area contributed by atoms with Crippen LogP contribution in [0.25, 0.3) is 0 Å². The lowest BCUT2D eigenvalue weighted by atomic mass is 10.3. The Morgan fingerprint density at radius 3 is 2.47 bits per heavy atom. The predicted molar refractivity (Wildman–Crippen MR) is 70.9 cm³/mol. The molecule has 1 atom stereocenters. The van der Waals surface area contributed by atoms with Gasteiger partial charge in [-0.2, -0.15) is 11.8 Å². The number of hydrogen-bond donors (Lipinski definition) is 2. The number of phenolic OH excluding ortho intramolecular Hbond substituents is 1. The van der Waals surface area contributed by atoms with Crippen LogP contribution in [0.3, 0.4) is 0 Å². The van der Waals surface area contributed by atoms with E-state index in [2.05, 4.69) is 11.6 Å². The van der Waals surface area contributed by atoms with Gasteiger partial charge in [0.2, 0.25) is 10.0 Å². The van der Waals surface area contributed by atoms with Gasteiger partial charge in [-0.15, -0.1) is 0 Å². The highest BCUT2D eigenvalue weighted by atomic mass is 32.2. The van der Waals surface area contributed by atoms with E-state index < -0.39 is 10.0 Å². The second kappa shape index (κ2) is 6.28. The van der Waals surface area contributed by atoms with Crippen molar-refractivity contribution >= 4 is 21.8 Å². The highest BCUT2D eigenvalue weighted by Gasteiger charge is 2.13. The summed E-state index contributed by atoms with van der Waals surface area (Å²) in [6, 6.07) is 5.49. The van der Waals surface area contributed by atoms with Crippen molar-refractivity contribution in [3.63, 3.8) is 0 Å². The van der Waals surface area contributed by atoms with E-state index in [9.17, 15) is 8.42 Å². The first-order chi connectivity index (χ1) is 7.95. The summed E-state index contributed by atoms with van der Waals surface area (Å²) in [6.45, 7) is 2.48. The van der Waals surface area contributed by atoms with Crippen molar-refractivity contribution in [1.29, 1.82) is 0 Å². The van der Waals surface area contributed by atoms with E-state index in [4.69, 9.17) is 5.11 Å². The minimum Gasteiger partial charge on any atom is -0.508 e. The number of sulfonamides is 1. The number of phenols is 1. The lowest BCUT2D eigenvalue weighted by molar-refractivity contribution is 0.474. The van der Waals surface area contributed by atoms with Crippen molar-refractivity contribution < 1.29 is 13.5 Å². The Labute approximate surface area is 106 Å². The fourth-order valence-electron chi connectivity index (χ4n) is 1.22. The Morgan fingerprint density at radius 1 is 1.35 bits per heavy atom. The summed E-state index contributed by atoms with van der Waals surface area (Å²) in [5.74, 6) is 0.0555. The van der Waals surface area contributed by atoms with E-state index in [-0.39, 0.29) is 10.6 Å². The van der Waals surface area contributed by atoms with Gasteiger partial charge in [-0.05, 0) is 36.9 Å². The van der Waals surface area contributed by atoms with Gasteiger partial charge in [0.15, 0.2) is 0 Å². The zero-order valence-electron chi connectivity index (χ0n) is 9.88. The Balaban J connectivity index is 2.60. The summed E-state index contributed by atoms with van der Waals surface area (Å²) in [6.07, 6.45) is 2.79. The Morgan fingerprint density at radius 2 is 1.94 bits per heavy atom. The molecule has 1 aromatic carbocycles. The van der Waals surface area contributed by atoms with Crippen LogP contribution in [0.15, 0.2) is 29.2 Å². The van der Waals surface area contributed by atoms with Gasteiger partial charge in [0, 0.05) is 11.8 Å². The van der Waals surface area contributed by atoms with Crippen LogP contribution in [0, 0.1) is 0 Å². The second-order valence-electron chi connectivity index (χ2n) is 3.73. The minimum absolute atomic E-state index is 0.0555. The average molecular weight is 275 g/mol. The fraction of sp³-hybridized carbons (Fsp3) is 0.455. The average Bonchev–Trinajstić information content (AvgIpc) is 2.29. The number of nitrogens with one attached hydrogen (secondary N) is 1. The fourth-order valence-corrected chi connectivity index (χ4v) is 2.62. The molecule has 0 radical (unpaired) electrons. The van der Waals surface area contributed by atoms with Crippen molar-refractivity contribution in [1.82, 2.24) is 4.72 Å². The number of benzene rings is 1. The highest BCUT2D eigenvalue weighted by molar-refractivity contribution is 7.99. The quantitative estimate of drug-likeness (QED) is 0.831. The molecule has 0 amide bonds. The lowest BCUT2D eigenvalue weighted by Gasteiger charge is -2.09. The van der Waals surface area contributed by atoms with Crippen LogP contribution in [-0.2, 0) is 10.0 Å². The molecule has 0 aliphatic rings. The molecule has 0 heterocycles. The monoisotopic (exact) mass is 275 g/mol. The van der Waals surface area contributed by atoms with Crippen LogP contribution in [0.5, 0.6) is 5.75 Å². The lowest BCUT2D eigenvalue weighted by Crippen LogP contribution is -2.26. The zero-order chi connectivity index (χ0) is 12.9. The van der Waals surface area contributed by atoms with E-state index in [0.29, 0.717) is 11.8 Å². The van der Waals surface area contributed by atoms with E-state index in [1.54, 1.807) is 11.8 Å². The molecule has 0 aliphatic carbocycles. The van der Waals surface area contributed by atoms with Crippen molar-refractivity contribution in [3.8, 4) is 5.75 Å². The van der Waals surface area contributed by atoms with Crippen LogP contribution in [-0.4, -0.2) is 31.6 Å². The first-order valence-corrected chi connectivity index (χ1v) is 8.04. The minimum atomic E-state index is -3.45. The highest BCUT2D eigenvalue weighted by Crippen LogP contribution is 2.14. The summed E-state index contributed by atoms with van der Waals surface area (Å²) < 4.78 is 26.2. The molecule has 4 nitrogen and oxygen atoms in total. The van der Waals surface area contributed by atoms with Gasteiger partial charge in [-0.1, -0.05) is 6.92 Å². The van der Waals surface area contributed by atoms with Crippen LogP contribution in [0.1, 0.15) is 13.3 Å². The molecule has 2 N–H and O–H groups in total. The SMILES string of the molecule is CSC(C)CCNS(=O)(=O)c1ccc(O)cc1. The van der Waals surface area contributed by atoms with Crippen molar-refractivity contribution in [3.05, 3.63) is 24.3 Å². The summed E-state index contributed by atoms with van der Waals surface area (Å²) in [7, 11) is -3.45. The number of aromatic hydroxyl groups is 1. The maximum Gasteiger partial charge on any atom is 0.240 e. The van der Waals surface area contributed by atoms with Crippen LogP contribution < -0.4 is 4.72 Å². The molecule has 1 rings (SSSR count). The molecule has 0 spiro atoms. The van der Waals surface area contributed by atoms with Gasteiger partial charge < -0.3 is 5.11 Å². The molecule has 0 bridgehead atoms. The van der Waals surface area contributed by atoms with Gasteiger partial charge in [0.1, 0.15) is 5.75 Å². The first kappa shape index (κ1) is 14.3. The third-order valence-corrected chi connectivity index (χ3v) is 4.91. The molecule has 1 aromatic rings. The molecule has 0 saturated carbocycles. The van der Waals surface area contributed by atoms with Gasteiger partial charge in [0.05, 0.1) is 4.90 Å². The number of hydrogen-bond acceptors (Lipinski definition) is 4. The molecule has 0 aliphatic heterocycles. The van der Waals surface area contributed by atoms with Gasteiger partial charge >= 0.3 is 0 Å². The summed E-state index contributed by atoms with van der Waals surface area (Å²) in [4.78, 5) is 0.173. The van der Waals surface area contributed by atoms with Gasteiger partial charge in [-0.3, -0.25) is 0 Å². The largest absolute Gasteiger partial charge is 0.508 e. The van der Waals surface area contributed by atoms with Crippen LogP contribution in [0.4, 0.5) is 0 Å². The number of rotatable bonds is 6. The summed E-state index contributed by atoms with van der Waals surface area (Å²) in [5.41, 5.74) is 0. The number of thioether (sulfide) groups is 1. The summed E-state index contributed by atoms with van der Waals surface area (Å²) >= 11 is 1.71. The second-order valence-corrected chi connectivity index (χ2v) is 6.77. The van der Waals surface area contributed by atoms with Crippen LogP contribution >= 0.6 is 11.8 Å². The molecule has 6 heteroatoms. The van der Waals surface area contributed by atoms with Crippen molar-refractivity contribution in [2.45, 2.75) is 23.5 Å². The standard InChI is InChI=1S/C11H17NO3S2/c1-9(16-2)7-8-12-17(14,15)11-5-3-10(13)4-6-11/h3-6,9,12-13H,7-8H2,1-2H3. The third-order valence-electron chi connectivity index (χ3n) is 2.39. The molecule has 0 saturated heterocycles. The molecular weight excluding hydrogens is 258 g/mol. The molecule has 0 aromatic heterocycles. The Bertz CT molecular complexity index is 442. The molecule has 17 heavy (non-hydrogen) atoms. The van der Waals surface area contributed by atoms with Crippen LogP contribution in [0.2, 0.25) is 0 Å². The van der Waals surface area contributed by atoms with E-state index in [1.165, 1.54) is 24.3 Å². The maximum atomic E-state index is 11.8. The van der Waals surface area contributed by atoms with E-state index in [1.807, 2.05) is 6.26 Å². The van der Waals surface area contributed by atoms with Gasteiger partial charge in [-0.25, -0.2) is 13.1 Å². The Hall–Kier alpha value is -0.720. The Kier molecular flexibility index (Phi) is 5.30. The van der Waals surface area contributed by atoms with Crippen molar-refractivity contribution in [2.24, 2.45) is 0 Å².